The second-order valence-corrected chi connectivity index (χ2v) is 6.50. The maximum absolute atomic E-state index is 12.3. The highest BCUT2D eigenvalue weighted by atomic mass is 32.1. The SMILES string of the molecule is Cc1nc(C2CCN(C(=O)Nc3nc(C)c(C)s3)C2)n[nH]1. The Bertz CT molecular complexity index is 644. The first-order chi connectivity index (χ1) is 10.0. The molecule has 0 radical (unpaired) electrons. The summed E-state index contributed by atoms with van der Waals surface area (Å²) < 4.78 is 0. The van der Waals surface area contributed by atoms with Crippen LogP contribution in [0.3, 0.4) is 0 Å². The predicted octanol–water partition coefficient (Wildman–Crippen LogP) is 2.21. The monoisotopic (exact) mass is 306 g/mol. The smallest absolute Gasteiger partial charge is 0.323 e. The molecule has 1 unspecified atom stereocenters. The number of carbonyl (C=O) groups is 1. The standard InChI is InChI=1S/C13H18N6OS/c1-7-8(2)21-12(14-7)16-13(20)19-5-4-10(6-19)11-15-9(3)17-18-11/h10H,4-6H2,1-3H3,(H,14,16,20)(H,15,17,18). The van der Waals surface area contributed by atoms with Crippen molar-refractivity contribution in [3.8, 4) is 0 Å². The van der Waals surface area contributed by atoms with Crippen LogP contribution in [0.4, 0.5) is 9.93 Å². The fourth-order valence-electron chi connectivity index (χ4n) is 2.39. The molecule has 2 aromatic rings. The molecule has 0 spiro atoms. The summed E-state index contributed by atoms with van der Waals surface area (Å²) in [5, 5.41) is 10.6. The van der Waals surface area contributed by atoms with Crippen LogP contribution < -0.4 is 5.32 Å². The molecule has 21 heavy (non-hydrogen) atoms. The summed E-state index contributed by atoms with van der Waals surface area (Å²) in [5.74, 6) is 1.81. The molecular formula is C13H18N6OS. The third-order valence-electron chi connectivity index (χ3n) is 3.70. The molecule has 1 aliphatic heterocycles. The van der Waals surface area contributed by atoms with Crippen LogP contribution in [-0.2, 0) is 0 Å². The van der Waals surface area contributed by atoms with Crippen molar-refractivity contribution in [3.63, 3.8) is 0 Å². The molecule has 7 nitrogen and oxygen atoms in total. The summed E-state index contributed by atoms with van der Waals surface area (Å²) in [6.07, 6.45) is 0.890. The molecule has 0 saturated carbocycles. The molecule has 2 amide bonds. The highest BCUT2D eigenvalue weighted by Gasteiger charge is 2.30. The third kappa shape index (κ3) is 2.90. The van der Waals surface area contributed by atoms with Crippen LogP contribution in [0.15, 0.2) is 0 Å². The summed E-state index contributed by atoms with van der Waals surface area (Å²) in [7, 11) is 0. The number of aromatic nitrogens is 4. The predicted molar refractivity (Wildman–Crippen MR) is 80.7 cm³/mol. The molecule has 1 fully saturated rings. The molecule has 2 aromatic heterocycles. The number of urea groups is 1. The lowest BCUT2D eigenvalue weighted by atomic mass is 10.1. The second-order valence-electron chi connectivity index (χ2n) is 5.30. The van der Waals surface area contributed by atoms with E-state index in [1.165, 1.54) is 11.3 Å². The molecule has 3 rings (SSSR count). The van der Waals surface area contributed by atoms with Crippen molar-refractivity contribution in [3.05, 3.63) is 22.2 Å². The van der Waals surface area contributed by atoms with Crippen LogP contribution in [0.1, 0.15) is 34.6 Å². The number of carbonyl (C=O) groups excluding carboxylic acids is 1. The van der Waals surface area contributed by atoms with Crippen LogP contribution in [-0.4, -0.2) is 44.2 Å². The lowest BCUT2D eigenvalue weighted by molar-refractivity contribution is 0.222. The minimum Gasteiger partial charge on any atom is -0.324 e. The van der Waals surface area contributed by atoms with E-state index < -0.39 is 0 Å². The van der Waals surface area contributed by atoms with Crippen LogP contribution in [0.5, 0.6) is 0 Å². The van der Waals surface area contributed by atoms with E-state index in [-0.39, 0.29) is 11.9 Å². The summed E-state index contributed by atoms with van der Waals surface area (Å²) in [5.41, 5.74) is 0.964. The van der Waals surface area contributed by atoms with Crippen molar-refractivity contribution in [2.24, 2.45) is 0 Å². The average molecular weight is 306 g/mol. The first-order valence-electron chi connectivity index (χ1n) is 6.92. The Morgan fingerprint density at radius 2 is 2.19 bits per heavy atom. The molecule has 2 N–H and O–H groups in total. The number of rotatable bonds is 2. The van der Waals surface area contributed by atoms with Gasteiger partial charge in [-0.3, -0.25) is 10.4 Å². The van der Waals surface area contributed by atoms with Gasteiger partial charge in [0.2, 0.25) is 0 Å². The minimum atomic E-state index is -0.0986. The van der Waals surface area contributed by atoms with Gasteiger partial charge in [-0.15, -0.1) is 11.3 Å². The molecule has 1 saturated heterocycles. The van der Waals surface area contributed by atoms with Crippen molar-refractivity contribution in [1.29, 1.82) is 0 Å². The van der Waals surface area contributed by atoms with Gasteiger partial charge in [0.1, 0.15) is 5.82 Å². The van der Waals surface area contributed by atoms with Gasteiger partial charge in [0, 0.05) is 23.9 Å². The van der Waals surface area contributed by atoms with Gasteiger partial charge in [0.15, 0.2) is 11.0 Å². The maximum atomic E-state index is 12.3. The van der Waals surface area contributed by atoms with Gasteiger partial charge in [0.25, 0.3) is 0 Å². The van der Waals surface area contributed by atoms with Gasteiger partial charge >= 0.3 is 6.03 Å². The van der Waals surface area contributed by atoms with Crippen molar-refractivity contribution in [2.75, 3.05) is 18.4 Å². The molecule has 3 heterocycles. The van der Waals surface area contributed by atoms with E-state index in [4.69, 9.17) is 0 Å². The normalized spacial score (nSPS) is 18.2. The van der Waals surface area contributed by atoms with Crippen LogP contribution >= 0.6 is 11.3 Å². The maximum Gasteiger partial charge on any atom is 0.323 e. The Morgan fingerprint density at radius 1 is 1.38 bits per heavy atom. The van der Waals surface area contributed by atoms with Crippen LogP contribution in [0.2, 0.25) is 0 Å². The van der Waals surface area contributed by atoms with Gasteiger partial charge in [0.05, 0.1) is 5.69 Å². The van der Waals surface area contributed by atoms with E-state index >= 15 is 0 Å². The molecule has 0 aromatic carbocycles. The number of aromatic amines is 1. The molecule has 0 bridgehead atoms. The topological polar surface area (TPSA) is 86.8 Å². The van der Waals surface area contributed by atoms with E-state index in [2.05, 4.69) is 25.5 Å². The van der Waals surface area contributed by atoms with E-state index in [0.29, 0.717) is 18.2 Å². The number of anilines is 1. The van der Waals surface area contributed by atoms with Gasteiger partial charge in [-0.1, -0.05) is 0 Å². The zero-order valence-electron chi connectivity index (χ0n) is 12.3. The lowest BCUT2D eigenvalue weighted by Gasteiger charge is -2.15. The Hall–Kier alpha value is -1.96. The largest absolute Gasteiger partial charge is 0.324 e. The van der Waals surface area contributed by atoms with E-state index in [0.717, 1.165) is 28.6 Å². The quantitative estimate of drug-likeness (QED) is 0.890. The number of nitrogens with zero attached hydrogens (tertiary/aromatic N) is 4. The first kappa shape index (κ1) is 14.0. The van der Waals surface area contributed by atoms with Crippen molar-refractivity contribution in [1.82, 2.24) is 25.1 Å². The molecule has 1 atom stereocenters. The van der Waals surface area contributed by atoms with E-state index in [1.54, 1.807) is 4.90 Å². The number of aryl methyl sites for hydroxylation is 3. The highest BCUT2D eigenvalue weighted by molar-refractivity contribution is 7.15. The Balaban J connectivity index is 1.61. The lowest BCUT2D eigenvalue weighted by Crippen LogP contribution is -2.32. The van der Waals surface area contributed by atoms with Crippen molar-refractivity contribution in [2.45, 2.75) is 33.1 Å². The highest BCUT2D eigenvalue weighted by Crippen LogP contribution is 2.26. The van der Waals surface area contributed by atoms with Crippen molar-refractivity contribution < 1.29 is 4.79 Å². The summed E-state index contributed by atoms with van der Waals surface area (Å²) in [6.45, 7) is 7.18. The van der Waals surface area contributed by atoms with Crippen LogP contribution in [0.25, 0.3) is 0 Å². The summed E-state index contributed by atoms with van der Waals surface area (Å²) in [4.78, 5) is 23.9. The molecule has 0 aliphatic carbocycles. The second kappa shape index (κ2) is 5.44. The van der Waals surface area contributed by atoms with Gasteiger partial charge in [-0.2, -0.15) is 5.10 Å². The number of thiazole rings is 1. The number of hydrogen-bond donors (Lipinski definition) is 2. The third-order valence-corrected chi connectivity index (χ3v) is 4.69. The summed E-state index contributed by atoms with van der Waals surface area (Å²) >= 11 is 1.50. The van der Waals surface area contributed by atoms with Gasteiger partial charge in [-0.05, 0) is 27.2 Å². The Kier molecular flexibility index (Phi) is 3.62. The van der Waals surface area contributed by atoms with E-state index in [9.17, 15) is 4.79 Å². The molecule has 112 valence electrons. The first-order valence-corrected chi connectivity index (χ1v) is 7.73. The fraction of sp³-hybridized carbons (Fsp3) is 0.538. The molecular weight excluding hydrogens is 288 g/mol. The van der Waals surface area contributed by atoms with Crippen molar-refractivity contribution >= 4 is 22.5 Å². The van der Waals surface area contributed by atoms with E-state index in [1.807, 2.05) is 20.8 Å². The Morgan fingerprint density at radius 3 is 2.81 bits per heavy atom. The average Bonchev–Trinajstić information content (AvgIpc) is 3.11. The summed E-state index contributed by atoms with van der Waals surface area (Å²) in [6, 6.07) is -0.0986. The van der Waals surface area contributed by atoms with Gasteiger partial charge < -0.3 is 4.90 Å². The minimum absolute atomic E-state index is 0.0986. The zero-order chi connectivity index (χ0) is 15.0. The Labute approximate surface area is 126 Å². The number of H-pyrrole nitrogens is 1. The zero-order valence-corrected chi connectivity index (χ0v) is 13.1. The fourth-order valence-corrected chi connectivity index (χ4v) is 3.20. The molecule has 1 aliphatic rings. The number of amides is 2. The molecule has 8 heteroatoms. The number of likely N-dealkylation sites (tertiary alicyclic amines) is 1. The van der Waals surface area contributed by atoms with Crippen LogP contribution in [0, 0.1) is 20.8 Å². The van der Waals surface area contributed by atoms with Gasteiger partial charge in [-0.25, -0.2) is 14.8 Å². The number of nitrogens with one attached hydrogen (secondary N) is 2. The number of hydrogen-bond acceptors (Lipinski definition) is 5.